The third kappa shape index (κ3) is 4.19. The average molecular weight is 296 g/mol. The Kier molecular flexibility index (Phi) is 4.94. The van der Waals surface area contributed by atoms with Crippen LogP contribution in [0.2, 0.25) is 0 Å². The van der Waals surface area contributed by atoms with Gasteiger partial charge in [-0.15, -0.1) is 0 Å². The van der Waals surface area contributed by atoms with Crippen LogP contribution in [0.4, 0.5) is 5.69 Å². The molecule has 0 saturated carbocycles. The van der Waals surface area contributed by atoms with E-state index in [9.17, 15) is 9.59 Å². The molecule has 0 aliphatic rings. The standard InChI is InChI=1S/C18H20N2O2/c1-12-9-13(2)11-16(10-12)20-17(21)14(3)19-18(22)15-7-5-4-6-8-15/h4-11,14H,1-3H3,(H,19,22)(H,20,21)/t14-/m1/s1. The Morgan fingerprint density at radius 2 is 1.55 bits per heavy atom. The second-order valence-corrected chi connectivity index (χ2v) is 5.43. The van der Waals surface area contributed by atoms with E-state index in [2.05, 4.69) is 10.6 Å². The minimum Gasteiger partial charge on any atom is -0.341 e. The Hall–Kier alpha value is -2.62. The first kappa shape index (κ1) is 15.8. The summed E-state index contributed by atoms with van der Waals surface area (Å²) in [4.78, 5) is 24.2. The number of anilines is 1. The van der Waals surface area contributed by atoms with Gasteiger partial charge in [-0.3, -0.25) is 9.59 Å². The van der Waals surface area contributed by atoms with Gasteiger partial charge in [0.05, 0.1) is 0 Å². The lowest BCUT2D eigenvalue weighted by Gasteiger charge is -2.15. The van der Waals surface area contributed by atoms with Gasteiger partial charge in [-0.2, -0.15) is 0 Å². The Morgan fingerprint density at radius 3 is 2.14 bits per heavy atom. The molecule has 0 aliphatic heterocycles. The molecule has 1 atom stereocenters. The number of carbonyl (C=O) groups is 2. The minimum atomic E-state index is -0.617. The highest BCUT2D eigenvalue weighted by molar-refractivity contribution is 6.00. The van der Waals surface area contributed by atoms with Crippen LogP contribution in [0.3, 0.4) is 0 Å². The summed E-state index contributed by atoms with van der Waals surface area (Å²) in [5.41, 5.74) is 3.43. The van der Waals surface area contributed by atoms with Gasteiger partial charge in [0.25, 0.3) is 5.91 Å². The molecule has 2 aromatic carbocycles. The van der Waals surface area contributed by atoms with Gasteiger partial charge in [0, 0.05) is 11.3 Å². The SMILES string of the molecule is Cc1cc(C)cc(NC(=O)[C@@H](C)NC(=O)c2ccccc2)c1. The van der Waals surface area contributed by atoms with Gasteiger partial charge in [0.2, 0.25) is 5.91 Å². The van der Waals surface area contributed by atoms with Crippen molar-refractivity contribution in [3.05, 3.63) is 65.2 Å². The Morgan fingerprint density at radius 1 is 0.955 bits per heavy atom. The molecular formula is C18H20N2O2. The zero-order valence-corrected chi connectivity index (χ0v) is 13.0. The summed E-state index contributed by atoms with van der Waals surface area (Å²) >= 11 is 0. The van der Waals surface area contributed by atoms with Crippen LogP contribution < -0.4 is 10.6 Å². The fourth-order valence-corrected chi connectivity index (χ4v) is 2.23. The number of hydrogen-bond acceptors (Lipinski definition) is 2. The lowest BCUT2D eigenvalue weighted by molar-refractivity contribution is -0.117. The van der Waals surface area contributed by atoms with Gasteiger partial charge in [-0.25, -0.2) is 0 Å². The van der Waals surface area contributed by atoms with Crippen molar-refractivity contribution in [1.29, 1.82) is 0 Å². The molecule has 114 valence electrons. The fourth-order valence-electron chi connectivity index (χ4n) is 2.23. The van der Waals surface area contributed by atoms with Crippen molar-refractivity contribution in [1.82, 2.24) is 5.32 Å². The maximum Gasteiger partial charge on any atom is 0.251 e. The van der Waals surface area contributed by atoms with E-state index >= 15 is 0 Å². The van der Waals surface area contributed by atoms with Crippen LogP contribution >= 0.6 is 0 Å². The minimum absolute atomic E-state index is 0.241. The summed E-state index contributed by atoms with van der Waals surface area (Å²) in [5, 5.41) is 5.52. The molecule has 2 amide bonds. The van der Waals surface area contributed by atoms with Crippen molar-refractivity contribution in [2.45, 2.75) is 26.8 Å². The molecule has 0 aromatic heterocycles. The summed E-state index contributed by atoms with van der Waals surface area (Å²) in [7, 11) is 0. The van der Waals surface area contributed by atoms with Crippen molar-refractivity contribution in [2.24, 2.45) is 0 Å². The van der Waals surface area contributed by atoms with Crippen molar-refractivity contribution in [2.75, 3.05) is 5.32 Å². The maximum absolute atomic E-state index is 12.2. The number of rotatable bonds is 4. The van der Waals surface area contributed by atoms with E-state index in [1.165, 1.54) is 0 Å². The van der Waals surface area contributed by atoms with Crippen molar-refractivity contribution < 1.29 is 9.59 Å². The lowest BCUT2D eigenvalue weighted by atomic mass is 10.1. The highest BCUT2D eigenvalue weighted by Crippen LogP contribution is 2.14. The number of benzene rings is 2. The number of carbonyl (C=O) groups excluding carboxylic acids is 2. The predicted molar refractivity (Wildman–Crippen MR) is 87.9 cm³/mol. The van der Waals surface area contributed by atoms with Gasteiger partial charge in [-0.1, -0.05) is 24.3 Å². The smallest absolute Gasteiger partial charge is 0.251 e. The summed E-state index contributed by atoms with van der Waals surface area (Å²) in [6.45, 7) is 5.62. The molecule has 0 aliphatic carbocycles. The summed E-state index contributed by atoms with van der Waals surface area (Å²) in [6, 6.07) is 14.1. The molecule has 22 heavy (non-hydrogen) atoms. The van der Waals surface area contributed by atoms with Crippen LogP contribution in [0.5, 0.6) is 0 Å². The third-order valence-electron chi connectivity index (χ3n) is 3.27. The normalized spacial score (nSPS) is 11.6. The van der Waals surface area contributed by atoms with Crippen LogP contribution in [0.15, 0.2) is 48.5 Å². The first-order valence-electron chi connectivity index (χ1n) is 7.21. The summed E-state index contributed by atoms with van der Waals surface area (Å²) in [6.07, 6.45) is 0. The van der Waals surface area contributed by atoms with E-state index in [-0.39, 0.29) is 11.8 Å². The molecule has 0 bridgehead atoms. The van der Waals surface area contributed by atoms with Crippen molar-refractivity contribution >= 4 is 17.5 Å². The molecule has 2 N–H and O–H groups in total. The number of hydrogen-bond donors (Lipinski definition) is 2. The molecule has 0 unspecified atom stereocenters. The molecule has 0 fully saturated rings. The highest BCUT2D eigenvalue weighted by Gasteiger charge is 2.16. The molecular weight excluding hydrogens is 276 g/mol. The fraction of sp³-hybridized carbons (Fsp3) is 0.222. The molecule has 0 radical (unpaired) electrons. The van der Waals surface area contributed by atoms with Gasteiger partial charge in [0.1, 0.15) is 6.04 Å². The molecule has 4 heteroatoms. The van der Waals surface area contributed by atoms with E-state index in [0.29, 0.717) is 5.56 Å². The van der Waals surface area contributed by atoms with Gasteiger partial charge < -0.3 is 10.6 Å². The van der Waals surface area contributed by atoms with Crippen LogP contribution in [0.1, 0.15) is 28.4 Å². The predicted octanol–water partition coefficient (Wildman–Crippen LogP) is 3.06. The Labute approximate surface area is 130 Å². The van der Waals surface area contributed by atoms with Crippen LogP contribution in [0.25, 0.3) is 0 Å². The van der Waals surface area contributed by atoms with Crippen molar-refractivity contribution in [3.63, 3.8) is 0 Å². The largest absolute Gasteiger partial charge is 0.341 e. The number of aryl methyl sites for hydroxylation is 2. The van der Waals surface area contributed by atoms with E-state index in [1.807, 2.05) is 38.1 Å². The molecule has 0 heterocycles. The topological polar surface area (TPSA) is 58.2 Å². The first-order valence-corrected chi connectivity index (χ1v) is 7.21. The molecule has 0 spiro atoms. The highest BCUT2D eigenvalue weighted by atomic mass is 16.2. The van der Waals surface area contributed by atoms with Gasteiger partial charge in [-0.05, 0) is 56.2 Å². The second-order valence-electron chi connectivity index (χ2n) is 5.43. The number of nitrogens with one attached hydrogen (secondary N) is 2. The molecule has 0 saturated heterocycles. The van der Waals surface area contributed by atoms with E-state index in [4.69, 9.17) is 0 Å². The summed E-state index contributed by atoms with van der Waals surface area (Å²) < 4.78 is 0. The van der Waals surface area contributed by atoms with Gasteiger partial charge >= 0.3 is 0 Å². The van der Waals surface area contributed by atoms with E-state index < -0.39 is 6.04 Å². The molecule has 2 rings (SSSR count). The molecule has 2 aromatic rings. The van der Waals surface area contributed by atoms with Crippen LogP contribution in [-0.2, 0) is 4.79 Å². The van der Waals surface area contributed by atoms with Crippen LogP contribution in [0, 0.1) is 13.8 Å². The van der Waals surface area contributed by atoms with E-state index in [0.717, 1.165) is 16.8 Å². The lowest BCUT2D eigenvalue weighted by Crippen LogP contribution is -2.41. The first-order chi connectivity index (χ1) is 10.5. The monoisotopic (exact) mass is 296 g/mol. The summed E-state index contributed by atoms with van der Waals surface area (Å²) in [5.74, 6) is -0.502. The third-order valence-corrected chi connectivity index (χ3v) is 3.27. The number of amides is 2. The Balaban J connectivity index is 1.99. The van der Waals surface area contributed by atoms with Crippen LogP contribution in [-0.4, -0.2) is 17.9 Å². The quantitative estimate of drug-likeness (QED) is 0.911. The van der Waals surface area contributed by atoms with Gasteiger partial charge in [0.15, 0.2) is 0 Å². The zero-order valence-electron chi connectivity index (χ0n) is 13.0. The second kappa shape index (κ2) is 6.89. The Bertz CT molecular complexity index is 660. The zero-order chi connectivity index (χ0) is 16.1. The van der Waals surface area contributed by atoms with Crippen molar-refractivity contribution in [3.8, 4) is 0 Å². The molecule has 4 nitrogen and oxygen atoms in total. The van der Waals surface area contributed by atoms with E-state index in [1.54, 1.807) is 31.2 Å². The maximum atomic E-state index is 12.2. The average Bonchev–Trinajstić information content (AvgIpc) is 2.46.